The average Bonchev–Trinajstić information content (AvgIpc) is 3.23. The Morgan fingerprint density at radius 3 is 2.16 bits per heavy atom. The number of rotatable bonds is 6. The van der Waals surface area contributed by atoms with Crippen molar-refractivity contribution in [1.29, 1.82) is 0 Å². The number of sulfonamides is 2. The molecule has 31 heavy (non-hydrogen) atoms. The second-order valence-electron chi connectivity index (χ2n) is 6.90. The van der Waals surface area contributed by atoms with E-state index in [0.717, 1.165) is 19.8 Å². The molecular weight excluding hydrogens is 466 g/mol. The Morgan fingerprint density at radius 2 is 1.58 bits per heavy atom. The van der Waals surface area contributed by atoms with Gasteiger partial charge in [-0.05, 0) is 55.3 Å². The fraction of sp³-hybridized carbons (Fsp3) is 0.263. The lowest BCUT2D eigenvalue weighted by molar-refractivity contribution is -0.117. The van der Waals surface area contributed by atoms with Crippen molar-refractivity contribution in [2.24, 2.45) is 0 Å². The van der Waals surface area contributed by atoms with E-state index in [0.29, 0.717) is 13.1 Å². The smallest absolute Gasteiger partial charge is 0.264 e. The number of carbonyl (C=O) groups is 2. The first-order valence-electron chi connectivity index (χ1n) is 9.25. The summed E-state index contributed by atoms with van der Waals surface area (Å²) in [6, 6.07) is 9.13. The monoisotopic (exact) mass is 485 g/mol. The van der Waals surface area contributed by atoms with Gasteiger partial charge >= 0.3 is 0 Å². The Kier molecular flexibility index (Phi) is 6.70. The van der Waals surface area contributed by atoms with E-state index in [4.69, 9.17) is 11.6 Å². The van der Waals surface area contributed by atoms with Crippen LogP contribution in [-0.4, -0.2) is 46.0 Å². The summed E-state index contributed by atoms with van der Waals surface area (Å²) in [4.78, 5) is 23.3. The Labute approximate surface area is 185 Å². The molecule has 1 saturated heterocycles. The molecule has 3 rings (SSSR count). The van der Waals surface area contributed by atoms with E-state index in [1.165, 1.54) is 46.8 Å². The molecule has 0 saturated carbocycles. The summed E-state index contributed by atoms with van der Waals surface area (Å²) in [7, 11) is -7.80. The van der Waals surface area contributed by atoms with E-state index in [1.807, 2.05) is 4.72 Å². The molecule has 2 amide bonds. The van der Waals surface area contributed by atoms with Crippen molar-refractivity contribution in [2.45, 2.75) is 29.6 Å². The van der Waals surface area contributed by atoms with Crippen LogP contribution in [0.4, 0.5) is 5.69 Å². The second-order valence-corrected chi connectivity index (χ2v) is 10.9. The van der Waals surface area contributed by atoms with E-state index < -0.39 is 31.9 Å². The zero-order chi connectivity index (χ0) is 22.8. The number of halogens is 1. The first-order valence-corrected chi connectivity index (χ1v) is 12.6. The summed E-state index contributed by atoms with van der Waals surface area (Å²) in [6.45, 7) is 1.89. The zero-order valence-electron chi connectivity index (χ0n) is 16.5. The maximum atomic E-state index is 12.8. The number of carbonyl (C=O) groups excluding carboxylic acids is 2. The van der Waals surface area contributed by atoms with E-state index in [1.54, 1.807) is 0 Å². The van der Waals surface area contributed by atoms with Gasteiger partial charge in [0.2, 0.25) is 15.9 Å². The number of nitrogens with zero attached hydrogens (tertiary/aromatic N) is 1. The highest BCUT2D eigenvalue weighted by molar-refractivity contribution is 7.90. The Balaban J connectivity index is 1.80. The summed E-state index contributed by atoms with van der Waals surface area (Å²) in [5.74, 6) is -1.31. The lowest BCUT2D eigenvalue weighted by Gasteiger charge is -2.17. The molecule has 2 aromatic carbocycles. The fourth-order valence-corrected chi connectivity index (χ4v) is 6.09. The van der Waals surface area contributed by atoms with Crippen LogP contribution in [-0.2, 0) is 24.8 Å². The lowest BCUT2D eigenvalue weighted by Crippen LogP contribution is -2.28. The van der Waals surface area contributed by atoms with Crippen LogP contribution < -0.4 is 10.0 Å². The first kappa shape index (κ1) is 23.2. The number of hydrogen-bond acceptors (Lipinski definition) is 6. The molecule has 0 aromatic heterocycles. The fourth-order valence-electron chi connectivity index (χ4n) is 3.08. The number of amides is 2. The van der Waals surface area contributed by atoms with Crippen LogP contribution in [0.15, 0.2) is 52.3 Å². The number of benzene rings is 2. The van der Waals surface area contributed by atoms with Gasteiger partial charge in [0.05, 0.1) is 9.92 Å². The van der Waals surface area contributed by atoms with Crippen molar-refractivity contribution >= 4 is 49.1 Å². The Morgan fingerprint density at radius 1 is 0.968 bits per heavy atom. The van der Waals surface area contributed by atoms with Gasteiger partial charge in [-0.2, -0.15) is 4.31 Å². The minimum Gasteiger partial charge on any atom is -0.322 e. The van der Waals surface area contributed by atoms with Crippen LogP contribution >= 0.6 is 11.6 Å². The van der Waals surface area contributed by atoms with Crippen LogP contribution in [0.3, 0.4) is 0 Å². The highest BCUT2D eigenvalue weighted by Gasteiger charge is 2.29. The molecule has 0 unspecified atom stereocenters. The van der Waals surface area contributed by atoms with E-state index >= 15 is 0 Å². The molecule has 0 aliphatic carbocycles. The lowest BCUT2D eigenvalue weighted by atomic mass is 10.2. The largest absolute Gasteiger partial charge is 0.322 e. The highest BCUT2D eigenvalue weighted by Crippen LogP contribution is 2.28. The van der Waals surface area contributed by atoms with Crippen LogP contribution in [0.2, 0.25) is 5.02 Å². The van der Waals surface area contributed by atoms with Crippen LogP contribution in [0, 0.1) is 0 Å². The average molecular weight is 486 g/mol. The first-order chi connectivity index (χ1) is 14.5. The molecule has 1 aliphatic heterocycles. The van der Waals surface area contributed by atoms with E-state index in [-0.39, 0.29) is 26.1 Å². The quantitative estimate of drug-likeness (QED) is 0.645. The molecule has 0 atom stereocenters. The highest BCUT2D eigenvalue weighted by atomic mass is 35.5. The van der Waals surface area contributed by atoms with Crippen molar-refractivity contribution in [2.75, 3.05) is 18.4 Å². The van der Waals surface area contributed by atoms with Crippen LogP contribution in [0.25, 0.3) is 0 Å². The topological polar surface area (TPSA) is 130 Å². The van der Waals surface area contributed by atoms with Gasteiger partial charge in [0.1, 0.15) is 4.90 Å². The maximum absolute atomic E-state index is 12.8. The van der Waals surface area contributed by atoms with Gasteiger partial charge in [-0.25, -0.2) is 21.6 Å². The molecule has 9 nitrogen and oxygen atoms in total. The normalized spacial score (nSPS) is 14.9. The molecule has 0 bridgehead atoms. The van der Waals surface area contributed by atoms with Crippen molar-refractivity contribution < 1.29 is 26.4 Å². The molecular formula is C19H20ClN3O6S2. The summed E-state index contributed by atoms with van der Waals surface area (Å²) in [5, 5.41) is 2.60. The number of hydrogen-bond donors (Lipinski definition) is 2. The van der Waals surface area contributed by atoms with Gasteiger partial charge < -0.3 is 5.32 Å². The third-order valence-corrected chi connectivity index (χ3v) is 8.41. The summed E-state index contributed by atoms with van der Waals surface area (Å²) in [5.41, 5.74) is 0.364. The molecule has 0 spiro atoms. The summed E-state index contributed by atoms with van der Waals surface area (Å²) >= 11 is 6.10. The standard InChI is InChI=1S/C19H20ClN3O6S2/c1-13(24)22-30(26,27)16-7-5-15(6-8-16)21-19(25)14-4-9-17(20)18(12-14)31(28,29)23-10-2-3-11-23/h4-9,12H,2-3,10-11H2,1H3,(H,21,25)(H,22,24). The van der Waals surface area contributed by atoms with E-state index in [2.05, 4.69) is 5.32 Å². The predicted molar refractivity (Wildman–Crippen MR) is 115 cm³/mol. The van der Waals surface area contributed by atoms with Crippen molar-refractivity contribution in [3.8, 4) is 0 Å². The van der Waals surface area contributed by atoms with Crippen LogP contribution in [0.5, 0.6) is 0 Å². The van der Waals surface area contributed by atoms with Crippen molar-refractivity contribution in [1.82, 2.24) is 9.03 Å². The Hall–Kier alpha value is -2.47. The van der Waals surface area contributed by atoms with Gasteiger partial charge in [-0.1, -0.05) is 11.6 Å². The number of anilines is 1. The summed E-state index contributed by atoms with van der Waals surface area (Å²) < 4.78 is 52.8. The molecule has 2 N–H and O–H groups in total. The molecule has 2 aromatic rings. The van der Waals surface area contributed by atoms with Gasteiger partial charge in [-0.3, -0.25) is 9.59 Å². The molecule has 1 heterocycles. The molecule has 12 heteroatoms. The van der Waals surface area contributed by atoms with Gasteiger partial charge in [0, 0.05) is 31.3 Å². The molecule has 166 valence electrons. The maximum Gasteiger partial charge on any atom is 0.264 e. The minimum absolute atomic E-state index is 0.0241. The predicted octanol–water partition coefficient (Wildman–Crippen LogP) is 2.20. The number of nitrogens with one attached hydrogen (secondary N) is 2. The molecule has 1 fully saturated rings. The summed E-state index contributed by atoms with van der Waals surface area (Å²) in [6.07, 6.45) is 1.54. The van der Waals surface area contributed by atoms with Crippen molar-refractivity contribution in [3.63, 3.8) is 0 Å². The second kappa shape index (κ2) is 8.95. The van der Waals surface area contributed by atoms with E-state index in [9.17, 15) is 26.4 Å². The minimum atomic E-state index is -3.99. The third-order valence-electron chi connectivity index (χ3n) is 4.58. The SMILES string of the molecule is CC(=O)NS(=O)(=O)c1ccc(NC(=O)c2ccc(Cl)c(S(=O)(=O)N3CCCC3)c2)cc1. The molecule has 0 radical (unpaired) electrons. The van der Waals surface area contributed by atoms with Gasteiger partial charge in [0.25, 0.3) is 15.9 Å². The molecule has 1 aliphatic rings. The third kappa shape index (κ3) is 5.24. The Bertz CT molecular complexity index is 1220. The van der Waals surface area contributed by atoms with Crippen molar-refractivity contribution in [3.05, 3.63) is 53.1 Å². The van der Waals surface area contributed by atoms with Crippen LogP contribution in [0.1, 0.15) is 30.1 Å². The van der Waals surface area contributed by atoms with Gasteiger partial charge in [-0.15, -0.1) is 0 Å². The van der Waals surface area contributed by atoms with Gasteiger partial charge in [0.15, 0.2) is 0 Å². The zero-order valence-corrected chi connectivity index (χ0v) is 18.8.